The molecule has 0 unspecified atom stereocenters. The number of nitrogens with zero attached hydrogens (tertiary/aromatic N) is 1. The highest BCUT2D eigenvalue weighted by atomic mass is 79.9. The number of benzene rings is 2. The van der Waals surface area contributed by atoms with Crippen molar-refractivity contribution in [3.8, 4) is 0 Å². The van der Waals surface area contributed by atoms with Gasteiger partial charge in [-0.3, -0.25) is 9.69 Å². The van der Waals surface area contributed by atoms with Crippen LogP contribution in [0, 0.1) is 6.92 Å². The van der Waals surface area contributed by atoms with E-state index in [1.54, 1.807) is 0 Å². The maximum absolute atomic E-state index is 12.5. The first-order chi connectivity index (χ1) is 11.6. The summed E-state index contributed by atoms with van der Waals surface area (Å²) in [7, 11) is 0. The molecule has 0 bridgehead atoms. The van der Waals surface area contributed by atoms with Crippen molar-refractivity contribution in [1.82, 2.24) is 10.2 Å². The van der Waals surface area contributed by atoms with Gasteiger partial charge in [-0.05, 0) is 66.5 Å². The van der Waals surface area contributed by atoms with Crippen LogP contribution in [0.15, 0.2) is 53.0 Å². The van der Waals surface area contributed by atoms with Gasteiger partial charge in [0.05, 0.1) is 11.6 Å². The van der Waals surface area contributed by atoms with E-state index in [2.05, 4.69) is 57.3 Å². The monoisotopic (exact) mass is 386 g/mol. The fourth-order valence-electron chi connectivity index (χ4n) is 3.23. The molecular weight excluding hydrogens is 364 g/mol. The quantitative estimate of drug-likeness (QED) is 0.829. The molecule has 2 aromatic rings. The van der Waals surface area contributed by atoms with Gasteiger partial charge in [0, 0.05) is 11.0 Å². The minimum Gasteiger partial charge on any atom is -0.350 e. The number of halogens is 1. The van der Waals surface area contributed by atoms with Gasteiger partial charge in [0.25, 0.3) is 5.91 Å². The number of aryl methyl sites for hydroxylation is 1. The summed E-state index contributed by atoms with van der Waals surface area (Å²) >= 11 is 3.45. The Balaban J connectivity index is 1.73. The van der Waals surface area contributed by atoms with Crippen molar-refractivity contribution >= 4 is 21.8 Å². The van der Waals surface area contributed by atoms with Gasteiger partial charge in [-0.25, -0.2) is 0 Å². The molecule has 0 radical (unpaired) electrons. The Morgan fingerprint density at radius 1 is 1.12 bits per heavy atom. The Labute approximate surface area is 152 Å². The van der Waals surface area contributed by atoms with E-state index in [1.165, 1.54) is 24.0 Å². The van der Waals surface area contributed by atoms with E-state index in [9.17, 15) is 4.79 Å². The zero-order valence-electron chi connectivity index (χ0n) is 14.0. The van der Waals surface area contributed by atoms with E-state index in [0.717, 1.165) is 17.6 Å². The van der Waals surface area contributed by atoms with Gasteiger partial charge in [0.2, 0.25) is 0 Å². The lowest BCUT2D eigenvalue weighted by atomic mass is 10.0. The molecule has 0 aliphatic carbocycles. The van der Waals surface area contributed by atoms with Gasteiger partial charge in [-0.15, -0.1) is 0 Å². The van der Waals surface area contributed by atoms with Crippen LogP contribution in [-0.2, 0) is 0 Å². The molecule has 3 rings (SSSR count). The summed E-state index contributed by atoms with van der Waals surface area (Å²) in [6.45, 7) is 4.93. The molecule has 1 fully saturated rings. The van der Waals surface area contributed by atoms with E-state index in [1.807, 2.05) is 24.3 Å². The zero-order chi connectivity index (χ0) is 16.9. The molecule has 126 valence electrons. The molecule has 1 atom stereocenters. The normalized spacial score (nSPS) is 16.1. The molecule has 2 aromatic carbocycles. The summed E-state index contributed by atoms with van der Waals surface area (Å²) in [5.74, 6) is -0.0289. The van der Waals surface area contributed by atoms with Crippen molar-refractivity contribution in [2.75, 3.05) is 19.6 Å². The molecular formula is C20H23BrN2O. The van der Waals surface area contributed by atoms with Gasteiger partial charge in [-0.2, -0.15) is 0 Å². The molecule has 3 nitrogen and oxygen atoms in total. The molecule has 0 aromatic heterocycles. The van der Waals surface area contributed by atoms with E-state index < -0.39 is 0 Å². The molecule has 1 amide bonds. The van der Waals surface area contributed by atoms with Crippen molar-refractivity contribution in [2.45, 2.75) is 25.8 Å². The van der Waals surface area contributed by atoms with Gasteiger partial charge in [-0.1, -0.05) is 42.0 Å². The lowest BCUT2D eigenvalue weighted by Crippen LogP contribution is -2.36. The van der Waals surface area contributed by atoms with Crippen molar-refractivity contribution in [1.29, 1.82) is 0 Å². The Bertz CT molecular complexity index is 693. The Morgan fingerprint density at radius 3 is 2.46 bits per heavy atom. The first kappa shape index (κ1) is 17.2. The third kappa shape index (κ3) is 4.05. The average Bonchev–Trinajstić information content (AvgIpc) is 3.11. The number of hydrogen-bond donors (Lipinski definition) is 1. The number of hydrogen-bond acceptors (Lipinski definition) is 2. The predicted molar refractivity (Wildman–Crippen MR) is 101 cm³/mol. The minimum absolute atomic E-state index is 0.0289. The van der Waals surface area contributed by atoms with Crippen LogP contribution >= 0.6 is 15.9 Å². The zero-order valence-corrected chi connectivity index (χ0v) is 15.6. The third-order valence-corrected chi connectivity index (χ3v) is 5.31. The fraction of sp³-hybridized carbons (Fsp3) is 0.350. The first-order valence-corrected chi connectivity index (χ1v) is 9.28. The highest BCUT2D eigenvalue weighted by Gasteiger charge is 2.24. The maximum Gasteiger partial charge on any atom is 0.252 e. The highest BCUT2D eigenvalue weighted by molar-refractivity contribution is 9.10. The second kappa shape index (κ2) is 7.95. The molecule has 1 saturated heterocycles. The number of amides is 1. The number of rotatable bonds is 5. The highest BCUT2D eigenvalue weighted by Crippen LogP contribution is 2.25. The summed E-state index contributed by atoms with van der Waals surface area (Å²) in [5.41, 5.74) is 3.22. The van der Waals surface area contributed by atoms with E-state index in [0.29, 0.717) is 12.1 Å². The van der Waals surface area contributed by atoms with E-state index in [4.69, 9.17) is 0 Å². The average molecular weight is 387 g/mol. The Morgan fingerprint density at radius 2 is 1.79 bits per heavy atom. The largest absolute Gasteiger partial charge is 0.350 e. The maximum atomic E-state index is 12.5. The van der Waals surface area contributed by atoms with Crippen LogP contribution in [-0.4, -0.2) is 30.4 Å². The number of carbonyl (C=O) groups excluding carboxylic acids is 1. The summed E-state index contributed by atoms with van der Waals surface area (Å²) in [4.78, 5) is 15.0. The van der Waals surface area contributed by atoms with Crippen LogP contribution in [0.2, 0.25) is 0 Å². The molecule has 0 saturated carbocycles. The van der Waals surface area contributed by atoms with Crippen LogP contribution in [0.4, 0.5) is 0 Å². The van der Waals surface area contributed by atoms with E-state index in [-0.39, 0.29) is 11.9 Å². The first-order valence-electron chi connectivity index (χ1n) is 8.48. The molecule has 1 N–H and O–H groups in total. The second-order valence-corrected chi connectivity index (χ2v) is 7.21. The summed E-state index contributed by atoms with van der Waals surface area (Å²) < 4.78 is 0.829. The van der Waals surface area contributed by atoms with Crippen molar-refractivity contribution in [3.63, 3.8) is 0 Å². The van der Waals surface area contributed by atoms with Crippen molar-refractivity contribution in [3.05, 3.63) is 69.7 Å². The molecule has 1 aliphatic heterocycles. The van der Waals surface area contributed by atoms with Gasteiger partial charge < -0.3 is 5.32 Å². The summed E-state index contributed by atoms with van der Waals surface area (Å²) in [6, 6.07) is 16.4. The second-order valence-electron chi connectivity index (χ2n) is 6.36. The number of carbonyl (C=O) groups is 1. The molecule has 4 heteroatoms. The van der Waals surface area contributed by atoms with Crippen LogP contribution < -0.4 is 5.32 Å². The standard InChI is InChI=1S/C20H23BrN2O/c1-15-8-10-16(11-9-15)19(23-12-4-5-13-23)14-22-20(24)17-6-2-3-7-18(17)21/h2-3,6-11,19H,4-5,12-14H2,1H3,(H,22,24)/t19-/m1/s1. The number of likely N-dealkylation sites (tertiary alicyclic amines) is 1. The SMILES string of the molecule is Cc1ccc([C@@H](CNC(=O)c2ccccc2Br)N2CCCC2)cc1. The molecule has 1 heterocycles. The van der Waals surface area contributed by atoms with Crippen LogP contribution in [0.1, 0.15) is 40.4 Å². The molecule has 0 spiro atoms. The lowest BCUT2D eigenvalue weighted by Gasteiger charge is -2.28. The van der Waals surface area contributed by atoms with Gasteiger partial charge in [0.15, 0.2) is 0 Å². The topological polar surface area (TPSA) is 32.3 Å². The summed E-state index contributed by atoms with van der Waals surface area (Å²) in [5, 5.41) is 3.12. The third-order valence-electron chi connectivity index (χ3n) is 4.62. The predicted octanol–water partition coefficient (Wildman–Crippen LogP) is 4.32. The fourth-order valence-corrected chi connectivity index (χ4v) is 3.69. The molecule has 24 heavy (non-hydrogen) atoms. The van der Waals surface area contributed by atoms with Crippen LogP contribution in [0.5, 0.6) is 0 Å². The Kier molecular flexibility index (Phi) is 5.69. The minimum atomic E-state index is -0.0289. The smallest absolute Gasteiger partial charge is 0.252 e. The van der Waals surface area contributed by atoms with Gasteiger partial charge >= 0.3 is 0 Å². The molecule has 1 aliphatic rings. The van der Waals surface area contributed by atoms with Crippen molar-refractivity contribution in [2.24, 2.45) is 0 Å². The number of nitrogens with one attached hydrogen (secondary N) is 1. The summed E-state index contributed by atoms with van der Waals surface area (Å²) in [6.07, 6.45) is 2.47. The lowest BCUT2D eigenvalue weighted by molar-refractivity contribution is 0.0937. The van der Waals surface area contributed by atoms with Crippen LogP contribution in [0.3, 0.4) is 0 Å². The Hall–Kier alpha value is -1.65. The van der Waals surface area contributed by atoms with Crippen molar-refractivity contribution < 1.29 is 4.79 Å². The van der Waals surface area contributed by atoms with Gasteiger partial charge in [0.1, 0.15) is 0 Å². The van der Waals surface area contributed by atoms with E-state index >= 15 is 0 Å². The van der Waals surface area contributed by atoms with Crippen LogP contribution in [0.25, 0.3) is 0 Å².